The zero-order chi connectivity index (χ0) is 14.2. The molecule has 1 saturated heterocycles. The van der Waals surface area contributed by atoms with Crippen molar-refractivity contribution in [3.05, 3.63) is 17.6 Å². The lowest BCUT2D eigenvalue weighted by molar-refractivity contribution is -0.193. The van der Waals surface area contributed by atoms with Crippen LogP contribution in [0.1, 0.15) is 30.7 Å². The minimum atomic E-state index is -4.46. The van der Waals surface area contributed by atoms with Gasteiger partial charge < -0.3 is 11.1 Å². The van der Waals surface area contributed by atoms with Gasteiger partial charge in [0.25, 0.3) is 0 Å². The summed E-state index contributed by atoms with van der Waals surface area (Å²) in [6, 6.07) is 0. The standard InChI is InChI=1S/C13H15F3N4/c14-13(15,16)8-3-19-10(17)9(20-8)12-4-11(5-12,6-12)7-1-18-2-7/h3,7,18H,1-2,4-6H2,(H2,17,19). The minimum Gasteiger partial charge on any atom is -0.382 e. The molecule has 2 bridgehead atoms. The summed E-state index contributed by atoms with van der Waals surface area (Å²) < 4.78 is 38.2. The molecule has 0 spiro atoms. The fourth-order valence-electron chi connectivity index (χ4n) is 4.20. The fraction of sp³-hybridized carbons (Fsp3) is 0.692. The van der Waals surface area contributed by atoms with Crippen LogP contribution in [0.25, 0.3) is 0 Å². The van der Waals surface area contributed by atoms with Crippen LogP contribution in [0.2, 0.25) is 0 Å². The van der Waals surface area contributed by atoms with Gasteiger partial charge in [0.15, 0.2) is 5.69 Å². The topological polar surface area (TPSA) is 63.8 Å². The Morgan fingerprint density at radius 1 is 1.25 bits per heavy atom. The number of nitrogens with two attached hydrogens (primary N) is 1. The van der Waals surface area contributed by atoms with Crippen molar-refractivity contribution in [1.82, 2.24) is 15.3 Å². The third-order valence-corrected chi connectivity index (χ3v) is 5.31. The highest BCUT2D eigenvalue weighted by molar-refractivity contribution is 5.48. The summed E-state index contributed by atoms with van der Waals surface area (Å²) in [5.74, 6) is 0.822. The first kappa shape index (κ1) is 12.4. The first-order valence-electron chi connectivity index (χ1n) is 6.76. The Morgan fingerprint density at radius 2 is 1.90 bits per heavy atom. The summed E-state index contributed by atoms with van der Waals surface area (Å²) in [5, 5.41) is 3.25. The second-order valence-electron chi connectivity index (χ2n) is 6.52. The van der Waals surface area contributed by atoms with E-state index in [0.29, 0.717) is 17.0 Å². The molecule has 2 heterocycles. The average Bonchev–Trinajstić information content (AvgIpc) is 2.18. The van der Waals surface area contributed by atoms with Crippen LogP contribution in [0, 0.1) is 11.3 Å². The fourth-order valence-corrected chi connectivity index (χ4v) is 4.20. The van der Waals surface area contributed by atoms with Gasteiger partial charge in [0.05, 0.1) is 11.9 Å². The lowest BCUT2D eigenvalue weighted by Crippen LogP contribution is -2.72. The van der Waals surface area contributed by atoms with Crippen LogP contribution in [-0.4, -0.2) is 23.1 Å². The molecule has 1 aromatic heterocycles. The van der Waals surface area contributed by atoms with Crippen LogP contribution in [0.4, 0.5) is 19.0 Å². The number of anilines is 1. The number of aromatic nitrogens is 2. The predicted octanol–water partition coefficient (Wildman–Crippen LogP) is 1.72. The number of hydrogen-bond acceptors (Lipinski definition) is 4. The minimum absolute atomic E-state index is 0.151. The molecule has 7 heteroatoms. The monoisotopic (exact) mass is 284 g/mol. The molecule has 5 rings (SSSR count). The van der Waals surface area contributed by atoms with E-state index < -0.39 is 11.9 Å². The molecule has 3 saturated carbocycles. The summed E-state index contributed by atoms with van der Waals surface area (Å²) in [6.07, 6.45) is -1.02. The predicted molar refractivity (Wildman–Crippen MR) is 65.8 cm³/mol. The lowest BCUT2D eigenvalue weighted by Gasteiger charge is -2.74. The van der Waals surface area contributed by atoms with Crippen molar-refractivity contribution in [2.24, 2.45) is 11.3 Å². The Balaban J connectivity index is 1.62. The van der Waals surface area contributed by atoms with Gasteiger partial charge in [-0.15, -0.1) is 0 Å². The molecule has 4 nitrogen and oxygen atoms in total. The zero-order valence-electron chi connectivity index (χ0n) is 10.8. The molecule has 0 radical (unpaired) electrons. The summed E-state index contributed by atoms with van der Waals surface area (Å²) in [6.45, 7) is 2.06. The molecule has 0 aromatic carbocycles. The van der Waals surface area contributed by atoms with Crippen LogP contribution in [-0.2, 0) is 11.6 Å². The van der Waals surface area contributed by atoms with E-state index in [0.717, 1.165) is 38.5 Å². The van der Waals surface area contributed by atoms with Gasteiger partial charge in [-0.05, 0) is 43.7 Å². The van der Waals surface area contributed by atoms with Crippen LogP contribution < -0.4 is 11.1 Å². The van der Waals surface area contributed by atoms with Gasteiger partial charge in [0.2, 0.25) is 0 Å². The maximum Gasteiger partial charge on any atom is 0.434 e. The Hall–Kier alpha value is -1.37. The molecule has 20 heavy (non-hydrogen) atoms. The van der Waals surface area contributed by atoms with Crippen LogP contribution >= 0.6 is 0 Å². The van der Waals surface area contributed by atoms with E-state index in [2.05, 4.69) is 15.3 Å². The van der Waals surface area contributed by atoms with Crippen LogP contribution in [0.5, 0.6) is 0 Å². The van der Waals surface area contributed by atoms with Gasteiger partial charge in [0.1, 0.15) is 5.82 Å². The molecule has 4 aliphatic rings. The number of nitrogen functional groups attached to an aromatic ring is 1. The molecule has 3 aliphatic carbocycles. The Bertz CT molecular complexity index is 560. The molecule has 1 aromatic rings. The first-order valence-corrected chi connectivity index (χ1v) is 6.76. The smallest absolute Gasteiger partial charge is 0.382 e. The maximum absolute atomic E-state index is 12.7. The van der Waals surface area contributed by atoms with Crippen molar-refractivity contribution in [3.63, 3.8) is 0 Å². The number of rotatable bonds is 2. The second kappa shape index (κ2) is 3.44. The number of halogens is 3. The Labute approximate surface area is 114 Å². The van der Waals surface area contributed by atoms with Crippen LogP contribution in [0.3, 0.4) is 0 Å². The Kier molecular flexibility index (Phi) is 2.13. The first-order chi connectivity index (χ1) is 9.35. The zero-order valence-corrected chi connectivity index (χ0v) is 10.8. The molecular formula is C13H15F3N4. The van der Waals surface area contributed by atoms with Gasteiger partial charge >= 0.3 is 6.18 Å². The molecule has 3 N–H and O–H groups in total. The van der Waals surface area contributed by atoms with Crippen molar-refractivity contribution in [2.45, 2.75) is 30.9 Å². The number of nitrogens with zero attached hydrogens (tertiary/aromatic N) is 2. The van der Waals surface area contributed by atoms with E-state index in [-0.39, 0.29) is 11.2 Å². The Morgan fingerprint density at radius 3 is 2.40 bits per heavy atom. The number of hydrogen-bond donors (Lipinski definition) is 2. The van der Waals surface area contributed by atoms with E-state index in [9.17, 15) is 13.2 Å². The second-order valence-corrected chi connectivity index (χ2v) is 6.52. The molecule has 108 valence electrons. The SMILES string of the molecule is Nc1ncc(C(F)(F)F)nc1C12CC(C3CNC3)(C1)C2. The molecular weight excluding hydrogens is 269 g/mol. The molecule has 0 unspecified atom stereocenters. The van der Waals surface area contributed by atoms with E-state index in [1.807, 2.05) is 0 Å². The summed E-state index contributed by atoms with van der Waals surface area (Å²) in [4.78, 5) is 7.48. The maximum atomic E-state index is 12.7. The lowest BCUT2D eigenvalue weighted by atomic mass is 9.30. The van der Waals surface area contributed by atoms with Crippen LogP contribution in [0.15, 0.2) is 6.20 Å². The van der Waals surface area contributed by atoms with Gasteiger partial charge in [-0.25, -0.2) is 9.97 Å². The third kappa shape index (κ3) is 1.41. The molecule has 4 fully saturated rings. The highest BCUT2D eigenvalue weighted by atomic mass is 19.4. The molecule has 0 amide bonds. The summed E-state index contributed by atoms with van der Waals surface area (Å²) in [5.41, 5.74) is 5.27. The van der Waals surface area contributed by atoms with Gasteiger partial charge in [-0.3, -0.25) is 0 Å². The highest BCUT2D eigenvalue weighted by Gasteiger charge is 2.72. The van der Waals surface area contributed by atoms with Crippen molar-refractivity contribution < 1.29 is 13.2 Å². The quantitative estimate of drug-likeness (QED) is 0.868. The van der Waals surface area contributed by atoms with Gasteiger partial charge in [-0.1, -0.05) is 0 Å². The largest absolute Gasteiger partial charge is 0.434 e. The number of alkyl halides is 3. The van der Waals surface area contributed by atoms with E-state index >= 15 is 0 Å². The van der Waals surface area contributed by atoms with E-state index in [1.54, 1.807) is 0 Å². The van der Waals surface area contributed by atoms with Gasteiger partial charge in [0, 0.05) is 5.41 Å². The number of nitrogens with one attached hydrogen (secondary N) is 1. The average molecular weight is 284 g/mol. The van der Waals surface area contributed by atoms with Crippen molar-refractivity contribution in [1.29, 1.82) is 0 Å². The highest BCUT2D eigenvalue weighted by Crippen LogP contribution is 2.77. The summed E-state index contributed by atoms with van der Waals surface area (Å²) in [7, 11) is 0. The summed E-state index contributed by atoms with van der Waals surface area (Å²) >= 11 is 0. The van der Waals surface area contributed by atoms with Crippen molar-refractivity contribution >= 4 is 5.82 Å². The third-order valence-electron chi connectivity index (χ3n) is 5.31. The van der Waals surface area contributed by atoms with Crippen molar-refractivity contribution in [3.8, 4) is 0 Å². The van der Waals surface area contributed by atoms with Gasteiger partial charge in [-0.2, -0.15) is 13.2 Å². The molecule has 0 atom stereocenters. The molecule has 1 aliphatic heterocycles. The normalized spacial score (nSPS) is 36.0. The van der Waals surface area contributed by atoms with E-state index in [4.69, 9.17) is 5.73 Å². The van der Waals surface area contributed by atoms with E-state index in [1.165, 1.54) is 0 Å². The van der Waals surface area contributed by atoms with Crippen molar-refractivity contribution in [2.75, 3.05) is 18.8 Å².